The van der Waals surface area contributed by atoms with E-state index >= 15 is 0 Å². The van der Waals surface area contributed by atoms with Gasteiger partial charge in [-0.3, -0.25) is 4.79 Å². The van der Waals surface area contributed by atoms with E-state index in [2.05, 4.69) is 33.8 Å². The summed E-state index contributed by atoms with van der Waals surface area (Å²) in [5, 5.41) is 0. The number of esters is 1. The molecule has 0 aromatic rings. The molecule has 1 rings (SSSR count). The standard InChI is InChI=1S/C13H22O2/c1-8(2)12(14)15-11-7-9(3)10(4)13(11,5)6/h7-8,10-11H,1-6H3/t10-,11-/m0/s1. The number of ether oxygens (including phenoxy) is 1. The van der Waals surface area contributed by atoms with Gasteiger partial charge in [-0.15, -0.1) is 0 Å². The lowest BCUT2D eigenvalue weighted by Crippen LogP contribution is -2.34. The van der Waals surface area contributed by atoms with Crippen LogP contribution in [0.3, 0.4) is 0 Å². The zero-order chi connectivity index (χ0) is 11.8. The summed E-state index contributed by atoms with van der Waals surface area (Å²) in [4.78, 5) is 11.5. The van der Waals surface area contributed by atoms with E-state index in [1.807, 2.05) is 13.8 Å². The predicted octanol–water partition coefficient (Wildman–Crippen LogP) is 3.18. The van der Waals surface area contributed by atoms with E-state index in [0.717, 1.165) is 0 Å². The van der Waals surface area contributed by atoms with Crippen molar-refractivity contribution in [1.29, 1.82) is 0 Å². The zero-order valence-electron chi connectivity index (χ0n) is 10.6. The first-order valence-electron chi connectivity index (χ1n) is 5.65. The topological polar surface area (TPSA) is 26.3 Å². The monoisotopic (exact) mass is 210 g/mol. The molecule has 0 aromatic heterocycles. The Labute approximate surface area is 92.7 Å². The van der Waals surface area contributed by atoms with Gasteiger partial charge < -0.3 is 4.74 Å². The first kappa shape index (κ1) is 12.3. The van der Waals surface area contributed by atoms with E-state index < -0.39 is 0 Å². The highest BCUT2D eigenvalue weighted by atomic mass is 16.5. The average molecular weight is 210 g/mol. The van der Waals surface area contributed by atoms with Crippen molar-refractivity contribution in [2.24, 2.45) is 17.3 Å². The Balaban J connectivity index is 2.76. The third-order valence-corrected chi connectivity index (χ3v) is 3.66. The van der Waals surface area contributed by atoms with Crippen LogP contribution in [0.1, 0.15) is 41.5 Å². The minimum absolute atomic E-state index is 0.0225. The van der Waals surface area contributed by atoms with Gasteiger partial charge in [0, 0.05) is 5.41 Å². The summed E-state index contributed by atoms with van der Waals surface area (Å²) in [7, 11) is 0. The highest BCUT2D eigenvalue weighted by Gasteiger charge is 2.42. The summed E-state index contributed by atoms with van der Waals surface area (Å²) in [5.74, 6) is 0.319. The summed E-state index contributed by atoms with van der Waals surface area (Å²) >= 11 is 0. The number of rotatable bonds is 2. The van der Waals surface area contributed by atoms with Crippen LogP contribution in [0.2, 0.25) is 0 Å². The quantitative estimate of drug-likeness (QED) is 0.517. The Kier molecular flexibility index (Phi) is 3.27. The summed E-state index contributed by atoms with van der Waals surface area (Å²) in [5.41, 5.74) is 1.34. The largest absolute Gasteiger partial charge is 0.457 e. The van der Waals surface area contributed by atoms with Crippen LogP contribution < -0.4 is 0 Å². The smallest absolute Gasteiger partial charge is 0.308 e. The van der Waals surface area contributed by atoms with Crippen LogP contribution in [0.25, 0.3) is 0 Å². The molecule has 0 bridgehead atoms. The number of hydrogen-bond donors (Lipinski definition) is 0. The van der Waals surface area contributed by atoms with Crippen LogP contribution in [-0.2, 0) is 9.53 Å². The molecule has 0 saturated carbocycles. The van der Waals surface area contributed by atoms with Crippen molar-refractivity contribution in [1.82, 2.24) is 0 Å². The van der Waals surface area contributed by atoms with Crippen molar-refractivity contribution >= 4 is 5.97 Å². The van der Waals surface area contributed by atoms with Gasteiger partial charge in [0.05, 0.1) is 5.92 Å². The summed E-state index contributed by atoms with van der Waals surface area (Å²) < 4.78 is 5.51. The van der Waals surface area contributed by atoms with E-state index in [1.165, 1.54) is 5.57 Å². The third kappa shape index (κ3) is 2.24. The minimum atomic E-state index is -0.105. The first-order valence-corrected chi connectivity index (χ1v) is 5.65. The molecule has 0 aromatic carbocycles. The molecule has 0 radical (unpaired) electrons. The molecule has 0 amide bonds. The summed E-state index contributed by atoms with van der Waals surface area (Å²) in [6, 6.07) is 0. The molecule has 2 atom stereocenters. The minimum Gasteiger partial charge on any atom is -0.457 e. The Morgan fingerprint density at radius 3 is 2.33 bits per heavy atom. The second kappa shape index (κ2) is 3.99. The number of allylic oxidation sites excluding steroid dienone is 1. The highest BCUT2D eigenvalue weighted by Crippen LogP contribution is 2.43. The van der Waals surface area contributed by atoms with Crippen LogP contribution in [-0.4, -0.2) is 12.1 Å². The van der Waals surface area contributed by atoms with Gasteiger partial charge >= 0.3 is 5.97 Å². The van der Waals surface area contributed by atoms with Crippen LogP contribution in [0, 0.1) is 17.3 Å². The number of hydrogen-bond acceptors (Lipinski definition) is 2. The maximum atomic E-state index is 11.5. The maximum Gasteiger partial charge on any atom is 0.308 e. The van der Waals surface area contributed by atoms with E-state index in [9.17, 15) is 4.79 Å². The molecule has 0 heterocycles. The van der Waals surface area contributed by atoms with Gasteiger partial charge in [0.15, 0.2) is 0 Å². The molecule has 0 unspecified atom stereocenters. The van der Waals surface area contributed by atoms with Crippen molar-refractivity contribution in [3.05, 3.63) is 11.6 Å². The molecule has 1 aliphatic rings. The number of carbonyl (C=O) groups excluding carboxylic acids is 1. The molecule has 86 valence electrons. The van der Waals surface area contributed by atoms with Gasteiger partial charge in [-0.2, -0.15) is 0 Å². The van der Waals surface area contributed by atoms with Gasteiger partial charge in [0.25, 0.3) is 0 Å². The van der Waals surface area contributed by atoms with Crippen LogP contribution in [0.15, 0.2) is 11.6 Å². The molecule has 0 spiro atoms. The fourth-order valence-corrected chi connectivity index (χ4v) is 1.88. The molecule has 2 heteroatoms. The van der Waals surface area contributed by atoms with E-state index in [4.69, 9.17) is 4.74 Å². The fourth-order valence-electron chi connectivity index (χ4n) is 1.88. The third-order valence-electron chi connectivity index (χ3n) is 3.66. The van der Waals surface area contributed by atoms with Gasteiger partial charge in [0.2, 0.25) is 0 Å². The lowest BCUT2D eigenvalue weighted by Gasteiger charge is -2.31. The fraction of sp³-hybridized carbons (Fsp3) is 0.769. The Morgan fingerprint density at radius 1 is 1.47 bits per heavy atom. The molecule has 2 nitrogen and oxygen atoms in total. The first-order chi connectivity index (χ1) is 6.76. The van der Waals surface area contributed by atoms with Gasteiger partial charge in [0.1, 0.15) is 6.10 Å². The van der Waals surface area contributed by atoms with Crippen molar-refractivity contribution in [2.75, 3.05) is 0 Å². The average Bonchev–Trinajstić information content (AvgIpc) is 2.30. The van der Waals surface area contributed by atoms with E-state index in [0.29, 0.717) is 5.92 Å². The van der Waals surface area contributed by atoms with Crippen molar-refractivity contribution in [2.45, 2.75) is 47.6 Å². The van der Waals surface area contributed by atoms with Crippen LogP contribution in [0.5, 0.6) is 0 Å². The summed E-state index contributed by atoms with van der Waals surface area (Å²) in [6.45, 7) is 12.3. The molecule has 0 fully saturated rings. The molecule has 1 aliphatic carbocycles. The lowest BCUT2D eigenvalue weighted by atomic mass is 9.78. The molecule has 0 N–H and O–H groups in total. The van der Waals surface area contributed by atoms with Gasteiger partial charge in [-0.25, -0.2) is 0 Å². The zero-order valence-corrected chi connectivity index (χ0v) is 10.6. The molecule has 0 saturated heterocycles. The Morgan fingerprint density at radius 2 is 2.00 bits per heavy atom. The molecule has 0 aliphatic heterocycles. The highest BCUT2D eigenvalue weighted by molar-refractivity contribution is 5.72. The maximum absolute atomic E-state index is 11.5. The molecule has 15 heavy (non-hydrogen) atoms. The van der Waals surface area contributed by atoms with Crippen LogP contribution >= 0.6 is 0 Å². The lowest BCUT2D eigenvalue weighted by molar-refractivity contribution is -0.155. The molecular weight excluding hydrogens is 188 g/mol. The second-order valence-electron chi connectivity index (χ2n) is 5.47. The normalized spacial score (nSPS) is 29.1. The summed E-state index contributed by atoms with van der Waals surface area (Å²) in [6.07, 6.45) is 2.02. The second-order valence-corrected chi connectivity index (χ2v) is 5.47. The van der Waals surface area contributed by atoms with Gasteiger partial charge in [-0.05, 0) is 18.9 Å². The Hall–Kier alpha value is -0.790. The van der Waals surface area contributed by atoms with E-state index in [1.54, 1.807) is 0 Å². The van der Waals surface area contributed by atoms with Crippen molar-refractivity contribution < 1.29 is 9.53 Å². The number of carbonyl (C=O) groups is 1. The van der Waals surface area contributed by atoms with Crippen molar-refractivity contribution in [3.63, 3.8) is 0 Å². The van der Waals surface area contributed by atoms with Crippen LogP contribution in [0.4, 0.5) is 0 Å². The SMILES string of the molecule is CC1=C[C@H](OC(=O)C(C)C)C(C)(C)[C@H]1C. The van der Waals surface area contributed by atoms with Gasteiger partial charge in [-0.1, -0.05) is 40.2 Å². The van der Waals surface area contributed by atoms with Crippen molar-refractivity contribution in [3.8, 4) is 0 Å². The molecular formula is C13H22O2. The Bertz CT molecular complexity index is 287. The predicted molar refractivity (Wildman–Crippen MR) is 61.4 cm³/mol. The van der Waals surface area contributed by atoms with E-state index in [-0.39, 0.29) is 23.4 Å².